The van der Waals surface area contributed by atoms with Crippen LogP contribution in [0.25, 0.3) is 0 Å². The van der Waals surface area contributed by atoms with Gasteiger partial charge in [-0.05, 0) is 31.9 Å². The molecular weight excluding hydrogens is 377 g/mol. The second-order valence-electron chi connectivity index (χ2n) is 5.32. The first kappa shape index (κ1) is 19.3. The number of carbonyl (C=O) groups excluding carboxylic acids is 1. The van der Waals surface area contributed by atoms with Crippen LogP contribution in [0.15, 0.2) is 17.0 Å². The normalized spacial score (nSPS) is 16.8. The van der Waals surface area contributed by atoms with Gasteiger partial charge in [0.25, 0.3) is 0 Å². The molecule has 0 spiro atoms. The van der Waals surface area contributed by atoms with Crippen molar-refractivity contribution in [1.29, 1.82) is 0 Å². The molecule has 0 atom stereocenters. The van der Waals surface area contributed by atoms with Gasteiger partial charge in [-0.15, -0.1) is 0 Å². The molecule has 1 aromatic carbocycles. The SMILES string of the molecule is CCOC(=O)C1CCN(S(=O)(=O)c2ccc(Cl)c(Cl)c2OC)CC1. The van der Waals surface area contributed by atoms with E-state index in [4.69, 9.17) is 32.7 Å². The van der Waals surface area contributed by atoms with Crippen molar-refractivity contribution in [3.63, 3.8) is 0 Å². The molecule has 1 aliphatic heterocycles. The van der Waals surface area contributed by atoms with Crippen LogP contribution < -0.4 is 4.74 Å². The summed E-state index contributed by atoms with van der Waals surface area (Å²) in [6.07, 6.45) is 0.837. The molecule has 1 aliphatic rings. The number of piperidine rings is 1. The summed E-state index contributed by atoms with van der Waals surface area (Å²) in [6.45, 7) is 2.52. The molecule has 2 rings (SSSR count). The fourth-order valence-corrected chi connectivity index (χ4v) is 4.71. The van der Waals surface area contributed by atoms with Crippen LogP contribution in [0.2, 0.25) is 10.0 Å². The zero-order chi connectivity index (χ0) is 17.9. The third kappa shape index (κ3) is 3.79. The minimum atomic E-state index is -3.79. The van der Waals surface area contributed by atoms with E-state index >= 15 is 0 Å². The van der Waals surface area contributed by atoms with Gasteiger partial charge >= 0.3 is 5.97 Å². The Kier molecular flexibility index (Phi) is 6.36. The molecule has 1 saturated heterocycles. The molecular formula is C15H19Cl2NO5S. The van der Waals surface area contributed by atoms with Gasteiger partial charge in [-0.3, -0.25) is 4.79 Å². The fraction of sp³-hybridized carbons (Fsp3) is 0.533. The van der Waals surface area contributed by atoms with E-state index < -0.39 is 10.0 Å². The van der Waals surface area contributed by atoms with Gasteiger partial charge in [-0.2, -0.15) is 4.31 Å². The maximum Gasteiger partial charge on any atom is 0.309 e. The van der Waals surface area contributed by atoms with Gasteiger partial charge in [-0.25, -0.2) is 8.42 Å². The van der Waals surface area contributed by atoms with Crippen LogP contribution in [-0.2, 0) is 19.6 Å². The summed E-state index contributed by atoms with van der Waals surface area (Å²) >= 11 is 12.0. The Balaban J connectivity index is 2.21. The smallest absolute Gasteiger partial charge is 0.309 e. The number of hydrogen-bond donors (Lipinski definition) is 0. The molecule has 1 fully saturated rings. The average Bonchev–Trinajstić information content (AvgIpc) is 2.57. The topological polar surface area (TPSA) is 72.9 Å². The molecule has 1 heterocycles. The van der Waals surface area contributed by atoms with E-state index in [9.17, 15) is 13.2 Å². The third-order valence-electron chi connectivity index (χ3n) is 3.91. The van der Waals surface area contributed by atoms with Crippen LogP contribution in [0.1, 0.15) is 19.8 Å². The van der Waals surface area contributed by atoms with E-state index in [1.165, 1.54) is 23.5 Å². The number of halogens is 2. The Morgan fingerprint density at radius 2 is 1.92 bits per heavy atom. The molecule has 24 heavy (non-hydrogen) atoms. The van der Waals surface area contributed by atoms with Gasteiger partial charge < -0.3 is 9.47 Å². The molecule has 134 valence electrons. The van der Waals surface area contributed by atoms with Crippen molar-refractivity contribution >= 4 is 39.2 Å². The lowest BCUT2D eigenvalue weighted by atomic mass is 9.98. The van der Waals surface area contributed by atoms with Gasteiger partial charge in [0.1, 0.15) is 9.92 Å². The van der Waals surface area contributed by atoms with Crippen molar-refractivity contribution in [1.82, 2.24) is 4.31 Å². The standard InChI is InChI=1S/C15H19Cl2NO5S/c1-3-23-15(19)10-6-8-18(9-7-10)24(20,21)12-5-4-11(16)13(17)14(12)22-2/h4-5,10H,3,6-9H2,1-2H3. The van der Waals surface area contributed by atoms with E-state index in [1.807, 2.05) is 0 Å². The molecule has 0 N–H and O–H groups in total. The van der Waals surface area contributed by atoms with Gasteiger partial charge in [0, 0.05) is 13.1 Å². The molecule has 0 unspecified atom stereocenters. The number of carbonyl (C=O) groups is 1. The third-order valence-corrected chi connectivity index (χ3v) is 6.62. The Labute approximate surface area is 151 Å². The van der Waals surface area contributed by atoms with Crippen molar-refractivity contribution in [3.05, 3.63) is 22.2 Å². The molecule has 1 aromatic rings. The van der Waals surface area contributed by atoms with Crippen LogP contribution in [-0.4, -0.2) is 45.5 Å². The van der Waals surface area contributed by atoms with Crippen LogP contribution in [0.4, 0.5) is 0 Å². The summed E-state index contributed by atoms with van der Waals surface area (Å²) in [5.74, 6) is -0.523. The Hall–Kier alpha value is -1.02. The van der Waals surface area contributed by atoms with E-state index in [0.29, 0.717) is 19.4 Å². The molecule has 0 radical (unpaired) electrons. The fourth-order valence-electron chi connectivity index (χ4n) is 2.64. The first-order chi connectivity index (χ1) is 11.3. The predicted octanol–water partition coefficient (Wildman–Crippen LogP) is 2.97. The summed E-state index contributed by atoms with van der Waals surface area (Å²) in [5, 5.41) is 0.273. The van der Waals surface area contributed by atoms with Crippen molar-refractivity contribution in [2.45, 2.75) is 24.7 Å². The monoisotopic (exact) mass is 395 g/mol. The van der Waals surface area contributed by atoms with E-state index in [1.54, 1.807) is 6.92 Å². The number of nitrogens with zero attached hydrogens (tertiary/aromatic N) is 1. The average molecular weight is 396 g/mol. The lowest BCUT2D eigenvalue weighted by Crippen LogP contribution is -2.40. The zero-order valence-electron chi connectivity index (χ0n) is 13.4. The molecule has 0 saturated carbocycles. The maximum atomic E-state index is 12.9. The number of benzene rings is 1. The van der Waals surface area contributed by atoms with Crippen molar-refractivity contribution in [2.24, 2.45) is 5.92 Å². The molecule has 0 amide bonds. The zero-order valence-corrected chi connectivity index (χ0v) is 15.7. The van der Waals surface area contributed by atoms with Gasteiger partial charge in [0.15, 0.2) is 5.75 Å². The molecule has 0 aliphatic carbocycles. The highest BCUT2D eigenvalue weighted by Gasteiger charge is 2.34. The van der Waals surface area contributed by atoms with E-state index in [-0.39, 0.29) is 45.7 Å². The van der Waals surface area contributed by atoms with Crippen LogP contribution in [0.5, 0.6) is 5.75 Å². The van der Waals surface area contributed by atoms with Crippen LogP contribution in [0.3, 0.4) is 0 Å². The van der Waals surface area contributed by atoms with Crippen molar-refractivity contribution in [3.8, 4) is 5.75 Å². The predicted molar refractivity (Wildman–Crippen MR) is 91.1 cm³/mol. The van der Waals surface area contributed by atoms with Crippen molar-refractivity contribution < 1.29 is 22.7 Å². The first-order valence-electron chi connectivity index (χ1n) is 7.51. The lowest BCUT2D eigenvalue weighted by Gasteiger charge is -2.30. The number of rotatable bonds is 5. The summed E-state index contributed by atoms with van der Waals surface area (Å²) in [5.41, 5.74) is 0. The highest BCUT2D eigenvalue weighted by atomic mass is 35.5. The Morgan fingerprint density at radius 3 is 2.46 bits per heavy atom. The quantitative estimate of drug-likeness (QED) is 0.716. The number of methoxy groups -OCH3 is 1. The summed E-state index contributed by atoms with van der Waals surface area (Å²) in [7, 11) is -2.46. The van der Waals surface area contributed by atoms with Crippen LogP contribution in [0, 0.1) is 5.92 Å². The van der Waals surface area contributed by atoms with Gasteiger partial charge in [-0.1, -0.05) is 23.2 Å². The second kappa shape index (κ2) is 7.91. The second-order valence-corrected chi connectivity index (χ2v) is 8.01. The summed E-state index contributed by atoms with van der Waals surface area (Å²) in [4.78, 5) is 11.7. The largest absolute Gasteiger partial charge is 0.494 e. The highest BCUT2D eigenvalue weighted by Crippen LogP contribution is 2.39. The van der Waals surface area contributed by atoms with Crippen molar-refractivity contribution in [2.75, 3.05) is 26.8 Å². The van der Waals surface area contributed by atoms with Crippen LogP contribution >= 0.6 is 23.2 Å². The molecule has 0 aromatic heterocycles. The molecule has 9 heteroatoms. The first-order valence-corrected chi connectivity index (χ1v) is 9.71. The molecule has 0 bridgehead atoms. The summed E-state index contributed by atoms with van der Waals surface area (Å²) < 4.78 is 37.2. The Bertz CT molecular complexity index is 715. The highest BCUT2D eigenvalue weighted by molar-refractivity contribution is 7.89. The minimum Gasteiger partial charge on any atom is -0.494 e. The summed E-state index contributed by atoms with van der Waals surface area (Å²) in [6, 6.07) is 2.80. The van der Waals surface area contributed by atoms with Gasteiger partial charge in [0.05, 0.1) is 24.7 Å². The minimum absolute atomic E-state index is 0.0247. The number of esters is 1. The van der Waals surface area contributed by atoms with E-state index in [0.717, 1.165) is 0 Å². The number of hydrogen-bond acceptors (Lipinski definition) is 5. The van der Waals surface area contributed by atoms with E-state index in [2.05, 4.69) is 0 Å². The molecule has 6 nitrogen and oxygen atoms in total. The lowest BCUT2D eigenvalue weighted by molar-refractivity contribution is -0.149. The Morgan fingerprint density at radius 1 is 1.29 bits per heavy atom. The van der Waals surface area contributed by atoms with Gasteiger partial charge in [0.2, 0.25) is 10.0 Å². The maximum absolute atomic E-state index is 12.9. The number of sulfonamides is 1. The number of ether oxygens (including phenoxy) is 2.